The molecule has 0 spiro atoms. The van der Waals surface area contributed by atoms with Gasteiger partial charge in [0.05, 0.1) is 4.92 Å². The maximum Gasteiger partial charge on any atom is 0.349 e. The first kappa shape index (κ1) is 19.1. The number of hydrogen-bond acceptors (Lipinski definition) is 7. The lowest BCUT2D eigenvalue weighted by Gasteiger charge is -2.08. The van der Waals surface area contributed by atoms with E-state index in [4.69, 9.17) is 9.47 Å². The molecule has 0 radical (unpaired) electrons. The van der Waals surface area contributed by atoms with Gasteiger partial charge in [0.25, 0.3) is 5.91 Å². The third kappa shape index (κ3) is 5.15. The number of thiophene rings is 1. The summed E-state index contributed by atoms with van der Waals surface area (Å²) in [5.74, 6) is -0.0223. The van der Waals surface area contributed by atoms with Gasteiger partial charge in [0, 0.05) is 11.8 Å². The number of carbonyl (C=O) groups excluding carboxylic acids is 2. The molecule has 0 bridgehead atoms. The van der Waals surface area contributed by atoms with E-state index in [2.05, 4.69) is 5.32 Å². The predicted octanol–water partition coefficient (Wildman–Crippen LogP) is 4.24. The second-order valence-electron chi connectivity index (χ2n) is 5.46. The van der Waals surface area contributed by atoms with Crippen molar-refractivity contribution in [2.45, 2.75) is 0 Å². The van der Waals surface area contributed by atoms with Crippen LogP contribution < -0.4 is 10.1 Å². The lowest BCUT2D eigenvalue weighted by atomic mass is 10.3. The number of rotatable bonds is 7. The Hall–Kier alpha value is -3.72. The van der Waals surface area contributed by atoms with Crippen LogP contribution in [0.1, 0.15) is 9.67 Å². The molecule has 9 heteroatoms. The van der Waals surface area contributed by atoms with Gasteiger partial charge in [0.15, 0.2) is 6.61 Å². The summed E-state index contributed by atoms with van der Waals surface area (Å²) in [6.07, 6.45) is 0. The molecule has 1 amide bonds. The zero-order valence-corrected chi connectivity index (χ0v) is 15.2. The molecule has 8 nitrogen and oxygen atoms in total. The first-order chi connectivity index (χ1) is 13.5. The third-order valence-electron chi connectivity index (χ3n) is 3.42. The monoisotopic (exact) mass is 398 g/mol. The van der Waals surface area contributed by atoms with Crippen LogP contribution in [0, 0.1) is 10.1 Å². The summed E-state index contributed by atoms with van der Waals surface area (Å²) in [4.78, 5) is 33.8. The Morgan fingerprint density at radius 1 is 0.964 bits per heavy atom. The fraction of sp³-hybridized carbons (Fsp3) is 0.0526. The van der Waals surface area contributed by atoms with Gasteiger partial charge in [-0.05, 0) is 42.5 Å². The fourth-order valence-electron chi connectivity index (χ4n) is 2.17. The van der Waals surface area contributed by atoms with Gasteiger partial charge in [-0.3, -0.25) is 14.9 Å². The van der Waals surface area contributed by atoms with E-state index in [0.717, 1.165) is 0 Å². The van der Waals surface area contributed by atoms with Gasteiger partial charge in [-0.1, -0.05) is 29.5 Å². The second kappa shape index (κ2) is 8.78. The van der Waals surface area contributed by atoms with Crippen LogP contribution in [0.3, 0.4) is 0 Å². The molecule has 1 N–H and O–H groups in total. The van der Waals surface area contributed by atoms with Crippen molar-refractivity contribution in [2.75, 3.05) is 11.9 Å². The van der Waals surface area contributed by atoms with Crippen molar-refractivity contribution in [3.8, 4) is 11.5 Å². The molecule has 0 fully saturated rings. The predicted molar refractivity (Wildman–Crippen MR) is 103 cm³/mol. The molecule has 0 aliphatic rings. The summed E-state index contributed by atoms with van der Waals surface area (Å²) in [6.45, 7) is -0.507. The number of esters is 1. The minimum atomic E-state index is -0.792. The number of hydrogen-bond donors (Lipinski definition) is 1. The Balaban J connectivity index is 1.49. The zero-order valence-electron chi connectivity index (χ0n) is 14.4. The highest BCUT2D eigenvalue weighted by atomic mass is 32.1. The van der Waals surface area contributed by atoms with Crippen molar-refractivity contribution >= 4 is 33.9 Å². The molecule has 142 valence electrons. The van der Waals surface area contributed by atoms with Gasteiger partial charge in [0.1, 0.15) is 16.4 Å². The Kier molecular flexibility index (Phi) is 5.97. The maximum absolute atomic E-state index is 11.9. The van der Waals surface area contributed by atoms with Crippen molar-refractivity contribution in [1.29, 1.82) is 0 Å². The molecule has 0 aliphatic heterocycles. The molecule has 0 saturated carbocycles. The average molecular weight is 398 g/mol. The van der Waals surface area contributed by atoms with Crippen LogP contribution in [-0.4, -0.2) is 23.4 Å². The Morgan fingerprint density at radius 2 is 1.64 bits per heavy atom. The van der Waals surface area contributed by atoms with E-state index in [0.29, 0.717) is 28.5 Å². The van der Waals surface area contributed by atoms with Crippen molar-refractivity contribution < 1.29 is 24.0 Å². The van der Waals surface area contributed by atoms with Crippen molar-refractivity contribution in [3.63, 3.8) is 0 Å². The normalized spacial score (nSPS) is 10.1. The van der Waals surface area contributed by atoms with E-state index in [1.165, 1.54) is 12.1 Å². The van der Waals surface area contributed by atoms with Gasteiger partial charge in [-0.25, -0.2) is 4.79 Å². The zero-order chi connectivity index (χ0) is 19.9. The number of nitrogens with one attached hydrogen (secondary N) is 1. The molecule has 0 unspecified atom stereocenters. The van der Waals surface area contributed by atoms with Crippen LogP contribution in [-0.2, 0) is 9.53 Å². The van der Waals surface area contributed by atoms with Gasteiger partial charge in [0.2, 0.25) is 0 Å². The van der Waals surface area contributed by atoms with E-state index in [9.17, 15) is 19.7 Å². The average Bonchev–Trinajstić information content (AvgIpc) is 3.19. The van der Waals surface area contributed by atoms with Crippen LogP contribution in [0.15, 0.2) is 66.7 Å². The first-order valence-corrected chi connectivity index (χ1v) is 8.87. The highest BCUT2D eigenvalue weighted by molar-refractivity contribution is 7.17. The number of nitro groups is 1. The number of anilines is 1. The highest BCUT2D eigenvalue weighted by Crippen LogP contribution is 2.25. The van der Waals surface area contributed by atoms with Crippen LogP contribution in [0.4, 0.5) is 10.7 Å². The minimum Gasteiger partial charge on any atom is -0.457 e. The van der Waals surface area contributed by atoms with Crippen molar-refractivity contribution in [1.82, 2.24) is 0 Å². The molecular formula is C19H14N2O6S. The summed E-state index contributed by atoms with van der Waals surface area (Å²) in [7, 11) is 0. The van der Waals surface area contributed by atoms with Gasteiger partial charge in [-0.2, -0.15) is 0 Å². The summed E-state index contributed by atoms with van der Waals surface area (Å²) in [5.41, 5.74) is 0.508. The maximum atomic E-state index is 11.9. The Bertz CT molecular complexity index is 985. The Morgan fingerprint density at radius 3 is 2.29 bits per heavy atom. The first-order valence-electron chi connectivity index (χ1n) is 8.05. The van der Waals surface area contributed by atoms with E-state index in [1.807, 2.05) is 30.3 Å². The standard InChI is InChI=1S/C19H14N2O6S/c22-17(12-26-19(23)16-10-11-18(28-16)21(24)25)20-13-6-8-15(9-7-13)27-14-4-2-1-3-5-14/h1-11H,12H2,(H,20,22). The van der Waals surface area contributed by atoms with E-state index >= 15 is 0 Å². The van der Waals surface area contributed by atoms with E-state index < -0.39 is 23.4 Å². The van der Waals surface area contributed by atoms with Crippen LogP contribution in [0.5, 0.6) is 11.5 Å². The van der Waals surface area contributed by atoms with Crippen molar-refractivity contribution in [2.24, 2.45) is 0 Å². The number of para-hydroxylation sites is 1. The van der Waals surface area contributed by atoms with Crippen LogP contribution in [0.2, 0.25) is 0 Å². The van der Waals surface area contributed by atoms with Crippen LogP contribution >= 0.6 is 11.3 Å². The smallest absolute Gasteiger partial charge is 0.349 e. The quantitative estimate of drug-likeness (QED) is 0.362. The lowest BCUT2D eigenvalue weighted by molar-refractivity contribution is -0.380. The van der Waals surface area contributed by atoms with E-state index in [1.54, 1.807) is 24.3 Å². The number of ether oxygens (including phenoxy) is 2. The minimum absolute atomic E-state index is 0.0573. The molecule has 1 aromatic heterocycles. The highest BCUT2D eigenvalue weighted by Gasteiger charge is 2.17. The lowest BCUT2D eigenvalue weighted by Crippen LogP contribution is -2.20. The summed E-state index contributed by atoms with van der Waals surface area (Å²) >= 11 is 0.688. The molecule has 0 atom stereocenters. The van der Waals surface area contributed by atoms with E-state index in [-0.39, 0.29) is 9.88 Å². The largest absolute Gasteiger partial charge is 0.457 e. The number of nitrogens with zero attached hydrogens (tertiary/aromatic N) is 1. The molecule has 1 heterocycles. The number of benzene rings is 2. The Labute approximate surface area is 163 Å². The summed E-state index contributed by atoms with van der Waals surface area (Å²) in [5, 5.41) is 13.0. The summed E-state index contributed by atoms with van der Waals surface area (Å²) in [6, 6.07) is 18.4. The summed E-state index contributed by atoms with van der Waals surface area (Å²) < 4.78 is 10.5. The van der Waals surface area contributed by atoms with Crippen LogP contribution in [0.25, 0.3) is 0 Å². The second-order valence-corrected chi connectivity index (χ2v) is 6.52. The molecule has 0 saturated heterocycles. The SMILES string of the molecule is O=C(COC(=O)c1ccc([N+](=O)[O-])s1)Nc1ccc(Oc2ccccc2)cc1. The van der Waals surface area contributed by atoms with Crippen molar-refractivity contribution in [3.05, 3.63) is 81.7 Å². The van der Waals surface area contributed by atoms with Gasteiger partial charge >= 0.3 is 11.0 Å². The molecule has 0 aliphatic carbocycles. The number of carbonyl (C=O) groups is 2. The molecule has 3 aromatic rings. The molecule has 28 heavy (non-hydrogen) atoms. The topological polar surface area (TPSA) is 108 Å². The number of amides is 1. The van der Waals surface area contributed by atoms with Gasteiger partial charge < -0.3 is 14.8 Å². The van der Waals surface area contributed by atoms with Gasteiger partial charge in [-0.15, -0.1) is 0 Å². The fourth-order valence-corrected chi connectivity index (χ4v) is 2.88. The molecular weight excluding hydrogens is 384 g/mol. The molecule has 3 rings (SSSR count). The third-order valence-corrected chi connectivity index (χ3v) is 4.44. The molecule has 2 aromatic carbocycles.